The summed E-state index contributed by atoms with van der Waals surface area (Å²) in [6.07, 6.45) is 6.91. The highest BCUT2D eigenvalue weighted by Crippen LogP contribution is 2.36. The zero-order valence-corrected chi connectivity index (χ0v) is 13.2. The van der Waals surface area contributed by atoms with E-state index in [4.69, 9.17) is 0 Å². The normalized spacial score (nSPS) is 26.2. The summed E-state index contributed by atoms with van der Waals surface area (Å²) in [7, 11) is 1.61. The summed E-state index contributed by atoms with van der Waals surface area (Å²) in [5, 5.41) is 12.8. The van der Waals surface area contributed by atoms with Crippen LogP contribution in [0.2, 0.25) is 0 Å². The maximum atomic E-state index is 11.8. The Bertz CT molecular complexity index is 528. The second-order valence-electron chi connectivity index (χ2n) is 6.47. The van der Waals surface area contributed by atoms with Crippen molar-refractivity contribution in [3.63, 3.8) is 0 Å². The number of aromatic nitrogens is 1. The first-order valence-electron chi connectivity index (χ1n) is 8.33. The van der Waals surface area contributed by atoms with Gasteiger partial charge in [-0.1, -0.05) is 25.3 Å². The predicted octanol–water partition coefficient (Wildman–Crippen LogP) is 1.96. The summed E-state index contributed by atoms with van der Waals surface area (Å²) < 4.78 is 0. The van der Waals surface area contributed by atoms with E-state index in [1.165, 1.54) is 32.1 Å². The molecule has 0 aromatic carbocycles. The Morgan fingerprint density at radius 2 is 2.09 bits per heavy atom. The van der Waals surface area contributed by atoms with Crippen LogP contribution in [0, 0.1) is 5.92 Å². The molecule has 5 heteroatoms. The van der Waals surface area contributed by atoms with Gasteiger partial charge < -0.3 is 15.3 Å². The molecule has 0 bridgehead atoms. The number of amides is 1. The quantitative estimate of drug-likeness (QED) is 0.896. The molecule has 1 aliphatic heterocycles. The molecule has 2 N–H and O–H groups in total. The minimum Gasteiger partial charge on any atom is -0.391 e. The van der Waals surface area contributed by atoms with Gasteiger partial charge in [-0.3, -0.25) is 4.79 Å². The fourth-order valence-electron chi connectivity index (χ4n) is 3.91. The molecule has 1 aromatic rings. The zero-order chi connectivity index (χ0) is 15.5. The number of pyridine rings is 1. The summed E-state index contributed by atoms with van der Waals surface area (Å²) in [5.41, 5.74) is 0.434. The van der Waals surface area contributed by atoms with Crippen molar-refractivity contribution in [3.05, 3.63) is 23.9 Å². The van der Waals surface area contributed by atoms with E-state index in [1.807, 2.05) is 12.1 Å². The van der Waals surface area contributed by atoms with Gasteiger partial charge in [-0.05, 0) is 37.3 Å². The Kier molecular flexibility index (Phi) is 4.62. The molecule has 2 aliphatic rings. The van der Waals surface area contributed by atoms with E-state index in [1.54, 1.807) is 13.1 Å². The lowest BCUT2D eigenvalue weighted by Gasteiger charge is -2.34. The first-order chi connectivity index (χ1) is 10.7. The van der Waals surface area contributed by atoms with E-state index in [2.05, 4.69) is 15.2 Å². The van der Waals surface area contributed by atoms with Gasteiger partial charge in [0.2, 0.25) is 0 Å². The number of anilines is 1. The van der Waals surface area contributed by atoms with Crippen molar-refractivity contribution in [2.24, 2.45) is 5.92 Å². The smallest absolute Gasteiger partial charge is 0.269 e. The molecular formula is C17H25N3O2. The van der Waals surface area contributed by atoms with Crippen LogP contribution in [0.5, 0.6) is 0 Å². The van der Waals surface area contributed by atoms with E-state index < -0.39 is 0 Å². The van der Waals surface area contributed by atoms with E-state index >= 15 is 0 Å². The van der Waals surface area contributed by atoms with Crippen LogP contribution in [0.1, 0.15) is 49.0 Å². The van der Waals surface area contributed by atoms with E-state index in [9.17, 15) is 9.90 Å². The van der Waals surface area contributed by atoms with Gasteiger partial charge in [0, 0.05) is 19.6 Å². The van der Waals surface area contributed by atoms with Crippen LogP contribution in [-0.2, 0) is 0 Å². The molecule has 1 aliphatic carbocycles. The van der Waals surface area contributed by atoms with Crippen molar-refractivity contribution in [2.45, 2.75) is 50.7 Å². The highest BCUT2D eigenvalue weighted by Gasteiger charge is 2.37. The fraction of sp³-hybridized carbons (Fsp3) is 0.647. The molecule has 2 atom stereocenters. The summed E-state index contributed by atoms with van der Waals surface area (Å²) >= 11 is 0. The largest absolute Gasteiger partial charge is 0.391 e. The fourth-order valence-corrected chi connectivity index (χ4v) is 3.91. The highest BCUT2D eigenvalue weighted by molar-refractivity contribution is 5.92. The molecule has 0 radical (unpaired) electrons. The monoisotopic (exact) mass is 303 g/mol. The van der Waals surface area contributed by atoms with Gasteiger partial charge in [-0.15, -0.1) is 0 Å². The maximum absolute atomic E-state index is 11.8. The van der Waals surface area contributed by atoms with Crippen LogP contribution in [-0.4, -0.2) is 41.7 Å². The summed E-state index contributed by atoms with van der Waals surface area (Å²) in [5.74, 6) is 1.28. The Hall–Kier alpha value is -1.62. The molecule has 3 rings (SSSR count). The summed E-state index contributed by atoms with van der Waals surface area (Å²) in [4.78, 5) is 18.5. The van der Waals surface area contributed by atoms with Gasteiger partial charge in [0.15, 0.2) is 0 Å². The van der Waals surface area contributed by atoms with Crippen LogP contribution in [0.3, 0.4) is 0 Å². The van der Waals surface area contributed by atoms with Crippen molar-refractivity contribution in [1.29, 1.82) is 0 Å². The third-order valence-electron chi connectivity index (χ3n) is 5.00. The molecule has 1 saturated heterocycles. The Morgan fingerprint density at radius 1 is 1.32 bits per heavy atom. The number of nitrogens with zero attached hydrogens (tertiary/aromatic N) is 2. The highest BCUT2D eigenvalue weighted by atomic mass is 16.3. The topological polar surface area (TPSA) is 65.5 Å². The summed E-state index contributed by atoms with van der Waals surface area (Å²) in [6, 6.07) is 5.89. The lowest BCUT2D eigenvalue weighted by molar-refractivity contribution is 0.0958. The number of aliphatic hydroxyl groups excluding tert-OH is 1. The maximum Gasteiger partial charge on any atom is 0.269 e. The Labute approximate surface area is 131 Å². The van der Waals surface area contributed by atoms with Gasteiger partial charge in [0.25, 0.3) is 5.91 Å². The van der Waals surface area contributed by atoms with E-state index in [0.29, 0.717) is 24.2 Å². The number of nitrogens with one attached hydrogen (secondary N) is 1. The molecule has 120 valence electrons. The third kappa shape index (κ3) is 3.09. The first-order valence-corrected chi connectivity index (χ1v) is 8.33. The van der Waals surface area contributed by atoms with Gasteiger partial charge in [-0.25, -0.2) is 4.98 Å². The number of hydrogen-bond acceptors (Lipinski definition) is 4. The lowest BCUT2D eigenvalue weighted by Crippen LogP contribution is -2.37. The van der Waals surface area contributed by atoms with Crippen LogP contribution < -0.4 is 10.2 Å². The lowest BCUT2D eigenvalue weighted by atomic mass is 9.83. The molecule has 0 spiro atoms. The molecule has 0 unspecified atom stereocenters. The minimum atomic E-state index is -0.294. The van der Waals surface area contributed by atoms with Crippen LogP contribution in [0.4, 0.5) is 5.82 Å². The molecule has 5 nitrogen and oxygen atoms in total. The second-order valence-corrected chi connectivity index (χ2v) is 6.47. The minimum absolute atomic E-state index is 0.171. The van der Waals surface area contributed by atoms with Crippen molar-refractivity contribution >= 4 is 11.7 Å². The molecular weight excluding hydrogens is 278 g/mol. The summed E-state index contributed by atoms with van der Waals surface area (Å²) in [6.45, 7) is 0.616. The van der Waals surface area contributed by atoms with Crippen LogP contribution in [0.15, 0.2) is 18.2 Å². The number of β-amino-alcohol motifs (C(OH)–C–C–N with tert-alkyl or cyclic N) is 1. The number of aliphatic hydroxyl groups is 1. The number of carbonyl (C=O) groups excluding carboxylic acids is 1. The van der Waals surface area contributed by atoms with Gasteiger partial charge in [-0.2, -0.15) is 0 Å². The van der Waals surface area contributed by atoms with Crippen molar-refractivity contribution in [1.82, 2.24) is 10.3 Å². The van der Waals surface area contributed by atoms with Crippen LogP contribution in [0.25, 0.3) is 0 Å². The molecule has 1 amide bonds. The Balaban J connectivity index is 1.83. The molecule has 2 fully saturated rings. The molecule has 2 heterocycles. The Morgan fingerprint density at radius 3 is 2.82 bits per heavy atom. The molecule has 1 aromatic heterocycles. The average Bonchev–Trinajstić information content (AvgIpc) is 2.97. The van der Waals surface area contributed by atoms with Crippen molar-refractivity contribution < 1.29 is 9.90 Å². The SMILES string of the molecule is CNC(=O)c1cccc(N2C[C@H](O)C[C@@H]2C2CCCCC2)n1. The number of rotatable bonds is 3. The average molecular weight is 303 g/mol. The van der Waals surface area contributed by atoms with Gasteiger partial charge in [0.05, 0.1) is 6.10 Å². The van der Waals surface area contributed by atoms with Gasteiger partial charge >= 0.3 is 0 Å². The van der Waals surface area contributed by atoms with Crippen molar-refractivity contribution in [3.8, 4) is 0 Å². The number of hydrogen-bond donors (Lipinski definition) is 2. The van der Waals surface area contributed by atoms with Crippen LogP contribution >= 0.6 is 0 Å². The predicted molar refractivity (Wildman–Crippen MR) is 86.0 cm³/mol. The third-order valence-corrected chi connectivity index (χ3v) is 5.00. The zero-order valence-electron chi connectivity index (χ0n) is 13.2. The van der Waals surface area contributed by atoms with Gasteiger partial charge in [0.1, 0.15) is 11.5 Å². The van der Waals surface area contributed by atoms with Crippen molar-refractivity contribution in [2.75, 3.05) is 18.5 Å². The molecule has 22 heavy (non-hydrogen) atoms. The van der Waals surface area contributed by atoms with E-state index in [-0.39, 0.29) is 12.0 Å². The second kappa shape index (κ2) is 6.65. The first kappa shape index (κ1) is 15.3. The van der Waals surface area contributed by atoms with E-state index in [0.717, 1.165) is 12.2 Å². The standard InChI is InChI=1S/C17H25N3O2/c1-18-17(22)14-8-5-9-16(19-14)20-11-13(21)10-15(20)12-6-3-2-4-7-12/h5,8-9,12-13,15,21H,2-4,6-7,10-11H2,1H3,(H,18,22)/t13-,15-/m1/s1. The molecule has 1 saturated carbocycles. The number of carbonyl (C=O) groups is 1.